The summed E-state index contributed by atoms with van der Waals surface area (Å²) in [5, 5.41) is 0. The van der Waals surface area contributed by atoms with Crippen LogP contribution in [0.5, 0.6) is 0 Å². The Morgan fingerprint density at radius 2 is 1.79 bits per heavy atom. The SMILES string of the molecule is CC(C)c1cccc(SN2CCC(C(C)C)CC2)c1. The Morgan fingerprint density at radius 1 is 1.11 bits per heavy atom. The van der Waals surface area contributed by atoms with Gasteiger partial charge in [-0.3, -0.25) is 0 Å². The summed E-state index contributed by atoms with van der Waals surface area (Å²) in [5.74, 6) is 2.39. The van der Waals surface area contributed by atoms with Crippen LogP contribution in [0.25, 0.3) is 0 Å². The van der Waals surface area contributed by atoms with Gasteiger partial charge in [0.05, 0.1) is 0 Å². The van der Waals surface area contributed by atoms with E-state index in [1.165, 1.54) is 36.4 Å². The van der Waals surface area contributed by atoms with Gasteiger partial charge in [0.1, 0.15) is 0 Å². The predicted octanol–water partition coefficient (Wildman–Crippen LogP) is 5.19. The van der Waals surface area contributed by atoms with Crippen LogP contribution in [-0.4, -0.2) is 17.4 Å². The Hall–Kier alpha value is -0.470. The molecule has 1 aromatic rings. The lowest BCUT2D eigenvalue weighted by atomic mass is 9.87. The lowest BCUT2D eigenvalue weighted by Gasteiger charge is -2.33. The van der Waals surface area contributed by atoms with Crippen LogP contribution in [0.3, 0.4) is 0 Å². The van der Waals surface area contributed by atoms with E-state index in [2.05, 4.69) is 56.3 Å². The summed E-state index contributed by atoms with van der Waals surface area (Å²) >= 11 is 1.94. The molecule has 1 saturated heterocycles. The van der Waals surface area contributed by atoms with E-state index in [1.807, 2.05) is 11.9 Å². The third-order valence-electron chi connectivity index (χ3n) is 4.20. The van der Waals surface area contributed by atoms with Gasteiger partial charge >= 0.3 is 0 Å². The van der Waals surface area contributed by atoms with E-state index < -0.39 is 0 Å². The molecule has 0 saturated carbocycles. The van der Waals surface area contributed by atoms with Crippen molar-refractivity contribution >= 4 is 11.9 Å². The van der Waals surface area contributed by atoms with Crippen LogP contribution in [-0.2, 0) is 0 Å². The molecule has 0 bridgehead atoms. The number of benzene rings is 1. The lowest BCUT2D eigenvalue weighted by molar-refractivity contribution is 0.237. The highest BCUT2D eigenvalue weighted by Gasteiger charge is 2.22. The summed E-state index contributed by atoms with van der Waals surface area (Å²) in [6.45, 7) is 11.7. The minimum absolute atomic E-state index is 0.618. The minimum Gasteiger partial charge on any atom is -0.246 e. The first-order chi connectivity index (χ1) is 9.06. The largest absolute Gasteiger partial charge is 0.246 e. The molecule has 1 nitrogen and oxygen atoms in total. The Balaban J connectivity index is 1.90. The van der Waals surface area contributed by atoms with Crippen LogP contribution < -0.4 is 0 Å². The molecular formula is C17H27NS. The van der Waals surface area contributed by atoms with Crippen molar-refractivity contribution in [2.24, 2.45) is 11.8 Å². The molecule has 0 atom stereocenters. The van der Waals surface area contributed by atoms with Gasteiger partial charge in [0, 0.05) is 18.0 Å². The molecule has 0 N–H and O–H groups in total. The first-order valence-corrected chi connectivity index (χ1v) is 8.36. The third kappa shape index (κ3) is 4.25. The van der Waals surface area contributed by atoms with Gasteiger partial charge in [-0.05, 0) is 60.2 Å². The Labute approximate surface area is 122 Å². The number of rotatable bonds is 4. The fourth-order valence-electron chi connectivity index (χ4n) is 2.71. The zero-order valence-electron chi connectivity index (χ0n) is 12.7. The molecule has 0 aliphatic carbocycles. The molecule has 2 rings (SSSR count). The number of piperidine rings is 1. The van der Waals surface area contributed by atoms with Crippen molar-refractivity contribution in [1.82, 2.24) is 4.31 Å². The molecule has 19 heavy (non-hydrogen) atoms. The standard InChI is InChI=1S/C17H27NS/c1-13(2)15-8-10-18(11-9-15)19-17-7-5-6-16(12-17)14(3)4/h5-7,12-15H,8-11H2,1-4H3. The average Bonchev–Trinajstić information content (AvgIpc) is 2.39. The molecule has 106 valence electrons. The first-order valence-electron chi connectivity index (χ1n) is 7.59. The van der Waals surface area contributed by atoms with Gasteiger partial charge in [-0.25, -0.2) is 4.31 Å². The van der Waals surface area contributed by atoms with E-state index >= 15 is 0 Å². The van der Waals surface area contributed by atoms with E-state index in [0.717, 1.165) is 11.8 Å². The van der Waals surface area contributed by atoms with Crippen molar-refractivity contribution in [2.45, 2.75) is 51.3 Å². The maximum atomic E-state index is 2.54. The summed E-state index contributed by atoms with van der Waals surface area (Å²) in [5.41, 5.74) is 1.45. The van der Waals surface area contributed by atoms with E-state index in [-0.39, 0.29) is 0 Å². The molecule has 0 aromatic heterocycles. The smallest absolute Gasteiger partial charge is 0.0233 e. The van der Waals surface area contributed by atoms with Crippen molar-refractivity contribution in [3.63, 3.8) is 0 Å². The molecule has 2 heteroatoms. The third-order valence-corrected chi connectivity index (χ3v) is 5.29. The second-order valence-electron chi connectivity index (χ2n) is 6.33. The molecule has 1 heterocycles. The van der Waals surface area contributed by atoms with E-state index in [9.17, 15) is 0 Å². The highest BCUT2D eigenvalue weighted by molar-refractivity contribution is 7.97. The Bertz CT molecular complexity index is 392. The molecule has 0 spiro atoms. The van der Waals surface area contributed by atoms with E-state index in [0.29, 0.717) is 5.92 Å². The van der Waals surface area contributed by atoms with Crippen LogP contribution in [0.4, 0.5) is 0 Å². The van der Waals surface area contributed by atoms with Crippen LogP contribution in [0.1, 0.15) is 52.0 Å². The number of hydrogen-bond acceptors (Lipinski definition) is 2. The molecule has 1 aromatic carbocycles. The lowest BCUT2D eigenvalue weighted by Crippen LogP contribution is -2.30. The summed E-state index contributed by atoms with van der Waals surface area (Å²) in [7, 11) is 0. The summed E-state index contributed by atoms with van der Waals surface area (Å²) in [6, 6.07) is 9.02. The van der Waals surface area contributed by atoms with E-state index in [4.69, 9.17) is 0 Å². The van der Waals surface area contributed by atoms with Crippen LogP contribution in [0.15, 0.2) is 29.2 Å². The normalized spacial score (nSPS) is 18.4. The fraction of sp³-hybridized carbons (Fsp3) is 0.647. The van der Waals surface area contributed by atoms with Crippen LogP contribution in [0, 0.1) is 11.8 Å². The molecular weight excluding hydrogens is 250 g/mol. The maximum Gasteiger partial charge on any atom is 0.0233 e. The Morgan fingerprint density at radius 3 is 2.37 bits per heavy atom. The van der Waals surface area contributed by atoms with Gasteiger partial charge in [0.25, 0.3) is 0 Å². The Kier molecular flexibility index (Phi) is 5.35. The molecule has 0 unspecified atom stereocenters. The van der Waals surface area contributed by atoms with Crippen molar-refractivity contribution in [3.05, 3.63) is 29.8 Å². The summed E-state index contributed by atoms with van der Waals surface area (Å²) in [6.07, 6.45) is 2.71. The van der Waals surface area contributed by atoms with Crippen molar-refractivity contribution < 1.29 is 0 Å². The number of hydrogen-bond donors (Lipinski definition) is 0. The van der Waals surface area contributed by atoms with Gasteiger partial charge in [-0.15, -0.1) is 0 Å². The molecule has 1 aliphatic rings. The molecule has 1 aliphatic heterocycles. The average molecular weight is 277 g/mol. The maximum absolute atomic E-state index is 2.54. The summed E-state index contributed by atoms with van der Waals surface area (Å²) < 4.78 is 2.54. The molecule has 1 fully saturated rings. The van der Waals surface area contributed by atoms with Crippen molar-refractivity contribution in [2.75, 3.05) is 13.1 Å². The zero-order valence-corrected chi connectivity index (χ0v) is 13.5. The second-order valence-corrected chi connectivity index (χ2v) is 7.50. The number of nitrogens with zero attached hydrogens (tertiary/aromatic N) is 1. The van der Waals surface area contributed by atoms with Crippen molar-refractivity contribution in [3.8, 4) is 0 Å². The second kappa shape index (κ2) is 6.81. The quantitative estimate of drug-likeness (QED) is 0.697. The fourth-order valence-corrected chi connectivity index (χ4v) is 3.73. The van der Waals surface area contributed by atoms with Gasteiger partial charge in [-0.2, -0.15) is 0 Å². The van der Waals surface area contributed by atoms with Gasteiger partial charge in [0.2, 0.25) is 0 Å². The van der Waals surface area contributed by atoms with Gasteiger partial charge < -0.3 is 0 Å². The van der Waals surface area contributed by atoms with Gasteiger partial charge in [-0.1, -0.05) is 39.8 Å². The minimum atomic E-state index is 0.618. The van der Waals surface area contributed by atoms with Crippen LogP contribution >= 0.6 is 11.9 Å². The molecule has 0 radical (unpaired) electrons. The predicted molar refractivity (Wildman–Crippen MR) is 85.5 cm³/mol. The van der Waals surface area contributed by atoms with E-state index in [1.54, 1.807) is 0 Å². The zero-order chi connectivity index (χ0) is 13.8. The highest BCUT2D eigenvalue weighted by atomic mass is 32.2. The van der Waals surface area contributed by atoms with Crippen LogP contribution in [0.2, 0.25) is 0 Å². The first kappa shape index (κ1) is 14.9. The highest BCUT2D eigenvalue weighted by Crippen LogP contribution is 2.32. The monoisotopic (exact) mass is 277 g/mol. The molecule has 0 amide bonds. The van der Waals surface area contributed by atoms with Crippen molar-refractivity contribution in [1.29, 1.82) is 0 Å². The van der Waals surface area contributed by atoms with Gasteiger partial charge in [0.15, 0.2) is 0 Å². The summed E-state index contributed by atoms with van der Waals surface area (Å²) in [4.78, 5) is 1.40. The topological polar surface area (TPSA) is 3.24 Å².